The van der Waals surface area contributed by atoms with Gasteiger partial charge in [0.2, 0.25) is 0 Å². The number of rotatable bonds is 5. The lowest BCUT2D eigenvalue weighted by Crippen LogP contribution is -2.31. The molecule has 4 rings (SSSR count). The number of hydrogen-bond acceptors (Lipinski definition) is 4. The van der Waals surface area contributed by atoms with Gasteiger partial charge < -0.3 is 0 Å². The van der Waals surface area contributed by atoms with Crippen LogP contribution in [0.3, 0.4) is 0 Å². The molecule has 3 heterocycles. The van der Waals surface area contributed by atoms with E-state index in [1.807, 2.05) is 0 Å². The summed E-state index contributed by atoms with van der Waals surface area (Å²) in [5, 5.41) is 10.5. The number of aromatic nitrogens is 3. The number of pyridine rings is 1. The fourth-order valence-corrected chi connectivity index (χ4v) is 4.30. The Hall–Kier alpha value is -2.33. The van der Waals surface area contributed by atoms with Gasteiger partial charge in [-0.3, -0.25) is 9.88 Å². The molecule has 0 saturated carbocycles. The Morgan fingerprint density at radius 1 is 0.926 bits per heavy atom. The molecule has 27 heavy (non-hydrogen) atoms. The van der Waals surface area contributed by atoms with Gasteiger partial charge in [-0.15, -0.1) is 5.10 Å². The molecule has 0 aliphatic carbocycles. The van der Waals surface area contributed by atoms with Crippen LogP contribution in [0.5, 0.6) is 0 Å². The summed E-state index contributed by atoms with van der Waals surface area (Å²) in [6.07, 6.45) is 3.85. The predicted octanol–water partition coefficient (Wildman–Crippen LogP) is 4.27. The summed E-state index contributed by atoms with van der Waals surface area (Å²) in [6.45, 7) is 9.49. The van der Waals surface area contributed by atoms with E-state index in [1.54, 1.807) is 0 Å². The fourth-order valence-electron chi connectivity index (χ4n) is 4.30. The lowest BCUT2D eigenvalue weighted by molar-refractivity contribution is 0.242. The van der Waals surface area contributed by atoms with Crippen LogP contribution in [-0.4, -0.2) is 26.6 Å². The Balaban J connectivity index is 1.75. The standard InChI is InChI=1S/C23H28N4/c1-4-17-19(5-2)25-26-23-18-12-13-27(14-16-10-8-7-9-11-16)15-21(18)24-20(6-3)22(17)23/h7-11H,4-6,12-15H2,1-3H3. The SMILES string of the molecule is CCc1nnc2c3c(nc(CC)c2c1CC)CN(Cc1ccccc1)CC3. The Kier molecular flexibility index (Phi) is 5.17. The molecule has 0 radical (unpaired) electrons. The molecule has 3 aromatic rings. The molecule has 1 aromatic carbocycles. The lowest BCUT2D eigenvalue weighted by Gasteiger charge is -2.29. The zero-order chi connectivity index (χ0) is 18.8. The molecule has 0 unspecified atom stereocenters. The molecule has 0 saturated heterocycles. The number of nitrogens with zero attached hydrogens (tertiary/aromatic N) is 4. The van der Waals surface area contributed by atoms with Gasteiger partial charge in [0.25, 0.3) is 0 Å². The van der Waals surface area contributed by atoms with E-state index in [0.29, 0.717) is 0 Å². The summed E-state index contributed by atoms with van der Waals surface area (Å²) < 4.78 is 0. The summed E-state index contributed by atoms with van der Waals surface area (Å²) in [6, 6.07) is 10.7. The maximum absolute atomic E-state index is 5.13. The van der Waals surface area contributed by atoms with Gasteiger partial charge in [-0.25, -0.2) is 0 Å². The average Bonchev–Trinajstić information content (AvgIpc) is 2.72. The molecule has 1 aliphatic rings. The minimum Gasteiger partial charge on any atom is -0.293 e. The molecule has 0 fully saturated rings. The number of aryl methyl sites for hydroxylation is 3. The van der Waals surface area contributed by atoms with Crippen molar-refractivity contribution in [3.63, 3.8) is 0 Å². The molecular formula is C23H28N4. The molecule has 0 amide bonds. The summed E-state index contributed by atoms with van der Waals surface area (Å²) in [4.78, 5) is 7.62. The van der Waals surface area contributed by atoms with Crippen molar-refractivity contribution in [3.05, 3.63) is 64.1 Å². The summed E-state index contributed by atoms with van der Waals surface area (Å²) in [5.74, 6) is 0. The zero-order valence-electron chi connectivity index (χ0n) is 16.6. The molecule has 0 N–H and O–H groups in total. The van der Waals surface area contributed by atoms with E-state index in [1.165, 1.54) is 33.5 Å². The van der Waals surface area contributed by atoms with E-state index in [9.17, 15) is 0 Å². The highest BCUT2D eigenvalue weighted by atomic mass is 15.1. The van der Waals surface area contributed by atoms with Gasteiger partial charge in [0.05, 0.1) is 17.1 Å². The molecule has 0 bridgehead atoms. The quantitative estimate of drug-likeness (QED) is 0.681. The largest absolute Gasteiger partial charge is 0.293 e. The highest BCUT2D eigenvalue weighted by Crippen LogP contribution is 2.31. The van der Waals surface area contributed by atoms with Gasteiger partial charge in [0.1, 0.15) is 5.52 Å². The minimum absolute atomic E-state index is 0.895. The van der Waals surface area contributed by atoms with Gasteiger partial charge in [-0.2, -0.15) is 5.10 Å². The minimum atomic E-state index is 0.895. The maximum atomic E-state index is 5.13. The van der Waals surface area contributed by atoms with Crippen molar-refractivity contribution in [1.29, 1.82) is 0 Å². The Morgan fingerprint density at radius 2 is 1.70 bits per heavy atom. The second kappa shape index (κ2) is 7.73. The van der Waals surface area contributed by atoms with E-state index in [2.05, 4.69) is 66.2 Å². The summed E-state index contributed by atoms with van der Waals surface area (Å²) in [5.41, 5.74) is 8.64. The van der Waals surface area contributed by atoms with Crippen LogP contribution in [0.1, 0.15) is 54.5 Å². The molecular weight excluding hydrogens is 332 g/mol. The van der Waals surface area contributed by atoms with Crippen molar-refractivity contribution in [2.24, 2.45) is 0 Å². The van der Waals surface area contributed by atoms with E-state index in [-0.39, 0.29) is 0 Å². The second-order valence-corrected chi connectivity index (χ2v) is 7.34. The molecule has 4 heteroatoms. The topological polar surface area (TPSA) is 41.9 Å². The first-order valence-electron chi connectivity index (χ1n) is 10.2. The molecule has 4 nitrogen and oxygen atoms in total. The Morgan fingerprint density at radius 3 is 2.41 bits per heavy atom. The lowest BCUT2D eigenvalue weighted by atomic mass is 9.95. The molecule has 1 aliphatic heterocycles. The third-order valence-corrected chi connectivity index (χ3v) is 5.67. The fraction of sp³-hybridized carbons (Fsp3) is 0.435. The van der Waals surface area contributed by atoms with Crippen LogP contribution in [0.15, 0.2) is 30.3 Å². The van der Waals surface area contributed by atoms with Crippen molar-refractivity contribution in [2.45, 2.75) is 59.5 Å². The van der Waals surface area contributed by atoms with Crippen LogP contribution in [0.2, 0.25) is 0 Å². The maximum Gasteiger partial charge on any atom is 0.100 e. The first-order chi connectivity index (χ1) is 13.2. The first kappa shape index (κ1) is 18.1. The second-order valence-electron chi connectivity index (χ2n) is 7.34. The number of benzene rings is 1. The van der Waals surface area contributed by atoms with E-state index < -0.39 is 0 Å². The van der Waals surface area contributed by atoms with Crippen LogP contribution in [0.4, 0.5) is 0 Å². The number of hydrogen-bond donors (Lipinski definition) is 0. The van der Waals surface area contributed by atoms with Crippen LogP contribution in [0.25, 0.3) is 10.9 Å². The van der Waals surface area contributed by atoms with Crippen LogP contribution >= 0.6 is 0 Å². The molecule has 2 aromatic heterocycles. The van der Waals surface area contributed by atoms with Gasteiger partial charge >= 0.3 is 0 Å². The molecule has 0 spiro atoms. The Bertz CT molecular complexity index is 950. The van der Waals surface area contributed by atoms with Crippen LogP contribution in [-0.2, 0) is 38.8 Å². The third-order valence-electron chi connectivity index (χ3n) is 5.67. The monoisotopic (exact) mass is 360 g/mol. The van der Waals surface area contributed by atoms with Crippen molar-refractivity contribution >= 4 is 10.9 Å². The number of fused-ring (bicyclic) bond motifs is 3. The van der Waals surface area contributed by atoms with Crippen molar-refractivity contribution in [3.8, 4) is 0 Å². The average molecular weight is 361 g/mol. The van der Waals surface area contributed by atoms with Crippen LogP contribution < -0.4 is 0 Å². The highest BCUT2D eigenvalue weighted by molar-refractivity contribution is 5.88. The van der Waals surface area contributed by atoms with E-state index in [0.717, 1.165) is 56.5 Å². The van der Waals surface area contributed by atoms with Crippen molar-refractivity contribution in [1.82, 2.24) is 20.1 Å². The van der Waals surface area contributed by atoms with Gasteiger partial charge in [0.15, 0.2) is 0 Å². The van der Waals surface area contributed by atoms with Crippen molar-refractivity contribution < 1.29 is 0 Å². The van der Waals surface area contributed by atoms with E-state index in [4.69, 9.17) is 4.98 Å². The smallest absolute Gasteiger partial charge is 0.100 e. The van der Waals surface area contributed by atoms with E-state index >= 15 is 0 Å². The van der Waals surface area contributed by atoms with Crippen LogP contribution in [0, 0.1) is 0 Å². The van der Waals surface area contributed by atoms with Gasteiger partial charge in [0, 0.05) is 30.6 Å². The van der Waals surface area contributed by atoms with Crippen molar-refractivity contribution in [2.75, 3.05) is 6.54 Å². The van der Waals surface area contributed by atoms with Gasteiger partial charge in [-0.1, -0.05) is 51.1 Å². The third kappa shape index (κ3) is 3.34. The first-order valence-corrected chi connectivity index (χ1v) is 10.2. The predicted molar refractivity (Wildman–Crippen MR) is 110 cm³/mol. The summed E-state index contributed by atoms with van der Waals surface area (Å²) in [7, 11) is 0. The highest BCUT2D eigenvalue weighted by Gasteiger charge is 2.24. The molecule has 0 atom stereocenters. The van der Waals surface area contributed by atoms with Gasteiger partial charge in [-0.05, 0) is 36.8 Å². The Labute approximate surface area is 161 Å². The summed E-state index contributed by atoms with van der Waals surface area (Å²) >= 11 is 0. The molecule has 140 valence electrons. The normalized spacial score (nSPS) is 14.5. The zero-order valence-corrected chi connectivity index (χ0v) is 16.6.